The number of aromatic nitrogens is 2. The number of carbonyl (C=O) groups is 2. The first-order valence-corrected chi connectivity index (χ1v) is 12.0. The summed E-state index contributed by atoms with van der Waals surface area (Å²) in [5.74, 6) is -1.24. The number of aliphatic hydroxyl groups excluding tert-OH is 1. The van der Waals surface area contributed by atoms with E-state index in [-0.39, 0.29) is 30.4 Å². The van der Waals surface area contributed by atoms with Gasteiger partial charge in [-0.25, -0.2) is 13.8 Å². The first kappa shape index (κ1) is 25.5. The van der Waals surface area contributed by atoms with E-state index >= 15 is 0 Å². The van der Waals surface area contributed by atoms with Gasteiger partial charge >= 0.3 is 5.97 Å². The smallest absolute Gasteiger partial charge is 0.308 e. The Bertz CT molecular complexity index is 1240. The van der Waals surface area contributed by atoms with Gasteiger partial charge in [0.15, 0.2) is 0 Å². The van der Waals surface area contributed by atoms with Crippen molar-refractivity contribution in [3.05, 3.63) is 77.1 Å². The summed E-state index contributed by atoms with van der Waals surface area (Å²) in [7, 11) is 0. The van der Waals surface area contributed by atoms with Crippen molar-refractivity contribution in [3.8, 4) is 11.4 Å². The molecule has 0 aliphatic carbocycles. The summed E-state index contributed by atoms with van der Waals surface area (Å²) < 4.78 is 34.4. The summed E-state index contributed by atoms with van der Waals surface area (Å²) in [5.41, 5.74) is 2.14. The van der Waals surface area contributed by atoms with Crippen molar-refractivity contribution in [2.45, 2.75) is 64.3 Å². The van der Waals surface area contributed by atoms with E-state index in [1.165, 1.54) is 24.3 Å². The van der Waals surface area contributed by atoms with Crippen LogP contribution < -0.4 is 5.32 Å². The third-order valence-corrected chi connectivity index (χ3v) is 6.12. The number of cyclic esters (lactones) is 1. The molecule has 4 rings (SSSR count). The molecule has 0 bridgehead atoms. The molecule has 2 aromatic carbocycles. The van der Waals surface area contributed by atoms with E-state index in [1.54, 1.807) is 24.3 Å². The van der Waals surface area contributed by atoms with Crippen molar-refractivity contribution < 1.29 is 28.2 Å². The van der Waals surface area contributed by atoms with Crippen LogP contribution in [0.5, 0.6) is 0 Å². The number of halogens is 2. The maximum absolute atomic E-state index is 13.6. The zero-order chi connectivity index (χ0) is 25.8. The number of benzene rings is 2. The summed E-state index contributed by atoms with van der Waals surface area (Å²) >= 11 is 0. The Balaban J connectivity index is 1.66. The van der Waals surface area contributed by atoms with Crippen LogP contribution in [0.4, 0.5) is 8.78 Å². The number of ether oxygens (including phenoxy) is 1. The molecule has 0 unspecified atom stereocenters. The van der Waals surface area contributed by atoms with Crippen LogP contribution in [0.25, 0.3) is 11.4 Å². The van der Waals surface area contributed by atoms with Crippen LogP contribution >= 0.6 is 0 Å². The van der Waals surface area contributed by atoms with Crippen molar-refractivity contribution in [1.82, 2.24) is 14.9 Å². The van der Waals surface area contributed by atoms with Crippen LogP contribution in [0.1, 0.15) is 60.8 Å². The van der Waals surface area contributed by atoms with Gasteiger partial charge in [0, 0.05) is 31.5 Å². The molecule has 190 valence electrons. The molecule has 1 fully saturated rings. The number of amides is 1. The Labute approximate surface area is 208 Å². The van der Waals surface area contributed by atoms with Gasteiger partial charge < -0.3 is 19.7 Å². The molecule has 9 heteroatoms. The molecule has 1 aliphatic rings. The van der Waals surface area contributed by atoms with Crippen molar-refractivity contribution in [2.24, 2.45) is 0 Å². The SMILES string of the molecule is CC(C)c1c(C(=O)NCc2cccc(F)c2)nc(-c2ccc(F)cc2)n1CC[C@@H]1C[C@@H](O)CC(=O)O1. The minimum Gasteiger partial charge on any atom is -0.462 e. The minimum atomic E-state index is -0.746. The van der Waals surface area contributed by atoms with Crippen LogP contribution in [0.15, 0.2) is 48.5 Å². The second-order valence-corrected chi connectivity index (χ2v) is 9.29. The van der Waals surface area contributed by atoms with E-state index < -0.39 is 29.9 Å². The van der Waals surface area contributed by atoms with E-state index in [4.69, 9.17) is 4.74 Å². The second kappa shape index (κ2) is 11.0. The molecular weight excluding hydrogens is 468 g/mol. The quantitative estimate of drug-likeness (QED) is 0.452. The first-order chi connectivity index (χ1) is 17.2. The van der Waals surface area contributed by atoms with E-state index in [0.717, 1.165) is 0 Å². The lowest BCUT2D eigenvalue weighted by Crippen LogP contribution is -2.33. The van der Waals surface area contributed by atoms with E-state index in [2.05, 4.69) is 10.3 Å². The van der Waals surface area contributed by atoms with Crippen LogP contribution in [0.3, 0.4) is 0 Å². The predicted molar refractivity (Wildman–Crippen MR) is 129 cm³/mol. The maximum Gasteiger partial charge on any atom is 0.308 e. The van der Waals surface area contributed by atoms with Crippen molar-refractivity contribution >= 4 is 11.9 Å². The number of carbonyl (C=O) groups excluding carboxylic acids is 2. The van der Waals surface area contributed by atoms with Gasteiger partial charge in [0.2, 0.25) is 0 Å². The number of hydrogen-bond donors (Lipinski definition) is 2. The van der Waals surface area contributed by atoms with Gasteiger partial charge in [-0.1, -0.05) is 26.0 Å². The van der Waals surface area contributed by atoms with Gasteiger partial charge in [0.25, 0.3) is 5.91 Å². The molecule has 0 saturated carbocycles. The van der Waals surface area contributed by atoms with Gasteiger partial charge in [-0.2, -0.15) is 0 Å². The molecule has 2 N–H and O–H groups in total. The highest BCUT2D eigenvalue weighted by Crippen LogP contribution is 2.30. The number of imidazole rings is 1. The highest BCUT2D eigenvalue weighted by atomic mass is 19.1. The molecule has 3 aromatic rings. The Morgan fingerprint density at radius 1 is 1.19 bits per heavy atom. The van der Waals surface area contributed by atoms with Gasteiger partial charge in [-0.3, -0.25) is 9.59 Å². The molecule has 1 amide bonds. The Morgan fingerprint density at radius 2 is 1.94 bits per heavy atom. The molecule has 2 atom stereocenters. The highest BCUT2D eigenvalue weighted by Gasteiger charge is 2.29. The normalized spacial score (nSPS) is 17.8. The average Bonchev–Trinajstić information content (AvgIpc) is 3.21. The van der Waals surface area contributed by atoms with Gasteiger partial charge in [0.1, 0.15) is 29.3 Å². The molecule has 0 spiro atoms. The lowest BCUT2D eigenvalue weighted by molar-refractivity contribution is -0.160. The zero-order valence-corrected chi connectivity index (χ0v) is 20.2. The molecular formula is C27H29F2N3O4. The van der Waals surface area contributed by atoms with Crippen molar-refractivity contribution in [2.75, 3.05) is 0 Å². The Morgan fingerprint density at radius 3 is 2.61 bits per heavy atom. The standard InChI is InChI=1S/C27H29F2N3O4/c1-16(2)25-24(27(35)30-15-17-4-3-5-20(29)12-17)31-26(18-6-8-19(28)9-7-18)32(25)11-10-22-13-21(33)14-23(34)36-22/h3-9,12,16,21-22,33H,10-11,13-15H2,1-2H3,(H,30,35)/t21-,22-/m1/s1. The topological polar surface area (TPSA) is 93.5 Å². The minimum absolute atomic E-state index is 0.0186. The fourth-order valence-electron chi connectivity index (χ4n) is 4.49. The van der Waals surface area contributed by atoms with E-state index in [9.17, 15) is 23.5 Å². The molecule has 36 heavy (non-hydrogen) atoms. The van der Waals surface area contributed by atoms with Crippen LogP contribution in [0, 0.1) is 11.6 Å². The zero-order valence-electron chi connectivity index (χ0n) is 20.2. The van der Waals surface area contributed by atoms with Gasteiger partial charge in [-0.05, 0) is 47.9 Å². The Kier molecular flexibility index (Phi) is 7.79. The fraction of sp³-hybridized carbons (Fsp3) is 0.370. The predicted octanol–water partition coefficient (Wildman–Crippen LogP) is 4.34. The number of rotatable bonds is 8. The van der Waals surface area contributed by atoms with Crippen LogP contribution in [-0.4, -0.2) is 38.7 Å². The summed E-state index contributed by atoms with van der Waals surface area (Å²) in [6.45, 7) is 4.38. The van der Waals surface area contributed by atoms with E-state index in [1.807, 2.05) is 18.4 Å². The summed E-state index contributed by atoms with van der Waals surface area (Å²) in [4.78, 5) is 29.7. The number of nitrogens with zero attached hydrogens (tertiary/aromatic N) is 2. The molecule has 1 aromatic heterocycles. The monoisotopic (exact) mass is 497 g/mol. The number of esters is 1. The molecule has 1 aliphatic heterocycles. The maximum atomic E-state index is 13.6. The summed E-state index contributed by atoms with van der Waals surface area (Å²) in [6.07, 6.45) is -0.476. The summed E-state index contributed by atoms with van der Waals surface area (Å²) in [5, 5.41) is 12.8. The molecule has 2 heterocycles. The van der Waals surface area contributed by atoms with E-state index in [0.29, 0.717) is 42.0 Å². The Hall–Kier alpha value is -3.59. The van der Waals surface area contributed by atoms with Crippen LogP contribution in [0.2, 0.25) is 0 Å². The first-order valence-electron chi connectivity index (χ1n) is 12.0. The lowest BCUT2D eigenvalue weighted by Gasteiger charge is -2.26. The summed E-state index contributed by atoms with van der Waals surface area (Å²) in [6, 6.07) is 11.8. The molecule has 1 saturated heterocycles. The molecule has 7 nitrogen and oxygen atoms in total. The number of nitrogens with one attached hydrogen (secondary N) is 1. The second-order valence-electron chi connectivity index (χ2n) is 9.29. The average molecular weight is 498 g/mol. The third-order valence-electron chi connectivity index (χ3n) is 6.12. The number of aliphatic hydroxyl groups is 1. The lowest BCUT2D eigenvalue weighted by atomic mass is 10.0. The largest absolute Gasteiger partial charge is 0.462 e. The fourth-order valence-corrected chi connectivity index (χ4v) is 4.49. The molecule has 0 radical (unpaired) electrons. The van der Waals surface area contributed by atoms with Crippen molar-refractivity contribution in [3.63, 3.8) is 0 Å². The number of hydrogen-bond acceptors (Lipinski definition) is 5. The third kappa shape index (κ3) is 5.96. The van der Waals surface area contributed by atoms with Crippen LogP contribution in [-0.2, 0) is 22.6 Å². The highest BCUT2D eigenvalue weighted by molar-refractivity contribution is 5.94. The van der Waals surface area contributed by atoms with Crippen molar-refractivity contribution in [1.29, 1.82) is 0 Å². The van der Waals surface area contributed by atoms with Gasteiger partial charge in [-0.15, -0.1) is 0 Å². The van der Waals surface area contributed by atoms with Gasteiger partial charge in [0.05, 0.1) is 18.2 Å².